The summed E-state index contributed by atoms with van der Waals surface area (Å²) < 4.78 is 7.26. The second-order valence-electron chi connectivity index (χ2n) is 14.6. The van der Waals surface area contributed by atoms with Gasteiger partial charge in [0.25, 0.3) is 0 Å². The lowest BCUT2D eigenvalue weighted by atomic mass is 9.75. The Hall–Kier alpha value is -3.99. The number of aryl methyl sites for hydroxylation is 1. The van der Waals surface area contributed by atoms with Gasteiger partial charge in [-0.1, -0.05) is 72.7 Å². The number of hydrogen-bond donors (Lipinski definition) is 3. The number of aliphatic hydroxyl groups is 2. The van der Waals surface area contributed by atoms with Crippen LogP contribution in [0.2, 0.25) is 0 Å². The molecule has 4 aromatic rings. The quantitative estimate of drug-likeness (QED) is 0.185. The standard InChI is InChI=1S/C37H47N5O5/c1-9-27(43)32-30(45)31(46)35(47-32)42-20-41-29-33(39-19-40-34(29)42)38-18-23-12-10-22(11-13-23)14-15-28(44)24-16-25(36(3,4)5)21(2)26(17-24)37(6,7)8/h10-13,16-17,19-20,30-32,35,45-46H,9,14-15,18H2,1-8H3,(H,38,39,40)/t30-,31?,32-,35-/m1/s1. The van der Waals surface area contributed by atoms with Crippen molar-refractivity contribution in [2.75, 3.05) is 5.32 Å². The number of imidazole rings is 1. The largest absolute Gasteiger partial charge is 0.387 e. The van der Waals surface area contributed by atoms with E-state index in [1.807, 2.05) is 24.3 Å². The van der Waals surface area contributed by atoms with Gasteiger partial charge < -0.3 is 20.3 Å². The van der Waals surface area contributed by atoms with Crippen molar-refractivity contribution in [3.63, 3.8) is 0 Å². The van der Waals surface area contributed by atoms with Crippen molar-refractivity contribution in [3.8, 4) is 0 Å². The van der Waals surface area contributed by atoms with Gasteiger partial charge in [0, 0.05) is 24.9 Å². The number of aliphatic hydroxyl groups excluding tert-OH is 2. The summed E-state index contributed by atoms with van der Waals surface area (Å²) in [4.78, 5) is 38.7. The zero-order valence-electron chi connectivity index (χ0n) is 28.7. The maximum atomic E-state index is 13.4. The Morgan fingerprint density at radius 3 is 2.13 bits per heavy atom. The van der Waals surface area contributed by atoms with Crippen molar-refractivity contribution in [2.45, 2.75) is 117 Å². The number of hydrogen-bond acceptors (Lipinski definition) is 9. The molecule has 4 atom stereocenters. The third kappa shape index (κ3) is 7.15. The van der Waals surface area contributed by atoms with Crippen molar-refractivity contribution in [2.24, 2.45) is 0 Å². The molecule has 1 fully saturated rings. The van der Waals surface area contributed by atoms with E-state index in [0.717, 1.165) is 16.7 Å². The molecule has 10 heteroatoms. The zero-order chi connectivity index (χ0) is 34.3. The molecule has 1 aliphatic rings. The third-order valence-electron chi connectivity index (χ3n) is 9.01. The van der Waals surface area contributed by atoms with Gasteiger partial charge in [0.1, 0.15) is 24.6 Å². The van der Waals surface area contributed by atoms with E-state index in [4.69, 9.17) is 4.74 Å². The normalized spacial score (nSPS) is 20.1. The van der Waals surface area contributed by atoms with Gasteiger partial charge in [-0.3, -0.25) is 14.2 Å². The lowest BCUT2D eigenvalue weighted by Gasteiger charge is -2.29. The first kappa shape index (κ1) is 34.3. The van der Waals surface area contributed by atoms with E-state index in [0.29, 0.717) is 36.4 Å². The maximum absolute atomic E-state index is 13.4. The molecule has 0 saturated carbocycles. The molecule has 0 aliphatic carbocycles. The number of ether oxygens (including phenoxy) is 1. The summed E-state index contributed by atoms with van der Waals surface area (Å²) in [6.45, 7) is 17.5. The van der Waals surface area contributed by atoms with E-state index < -0.39 is 24.5 Å². The van der Waals surface area contributed by atoms with E-state index in [1.165, 1.54) is 33.9 Å². The van der Waals surface area contributed by atoms with E-state index in [-0.39, 0.29) is 28.8 Å². The van der Waals surface area contributed by atoms with Crippen LogP contribution in [0.25, 0.3) is 11.2 Å². The van der Waals surface area contributed by atoms with Gasteiger partial charge >= 0.3 is 0 Å². The molecule has 5 rings (SSSR count). The number of rotatable bonds is 10. The Labute approximate surface area is 276 Å². The molecular formula is C37H47N5O5. The smallest absolute Gasteiger partial charge is 0.167 e. The van der Waals surface area contributed by atoms with Crippen LogP contribution in [0.4, 0.5) is 5.82 Å². The highest BCUT2D eigenvalue weighted by Crippen LogP contribution is 2.36. The van der Waals surface area contributed by atoms with Gasteiger partial charge in [0.05, 0.1) is 6.33 Å². The van der Waals surface area contributed by atoms with Crippen LogP contribution in [-0.4, -0.2) is 59.6 Å². The lowest BCUT2D eigenvalue weighted by molar-refractivity contribution is -0.135. The Bertz CT molecular complexity index is 1730. The number of benzene rings is 2. The summed E-state index contributed by atoms with van der Waals surface area (Å²) >= 11 is 0. The molecule has 0 bridgehead atoms. The molecular weight excluding hydrogens is 594 g/mol. The van der Waals surface area contributed by atoms with Crippen molar-refractivity contribution >= 4 is 28.5 Å². The van der Waals surface area contributed by atoms with Crippen LogP contribution in [0.15, 0.2) is 49.1 Å². The number of carbonyl (C=O) groups excluding carboxylic acids is 2. The molecule has 0 amide bonds. The van der Waals surface area contributed by atoms with Crippen molar-refractivity contribution < 1.29 is 24.5 Å². The van der Waals surface area contributed by atoms with E-state index in [1.54, 1.807) is 6.92 Å². The van der Waals surface area contributed by atoms with Gasteiger partial charge in [-0.15, -0.1) is 0 Å². The first-order chi connectivity index (χ1) is 22.1. The van der Waals surface area contributed by atoms with Gasteiger partial charge in [-0.2, -0.15) is 0 Å². The highest BCUT2D eigenvalue weighted by Gasteiger charge is 2.47. The Morgan fingerprint density at radius 1 is 0.915 bits per heavy atom. The number of carbonyl (C=O) groups is 2. The fraction of sp³-hybridized carbons (Fsp3) is 0.486. The molecule has 0 spiro atoms. The average molecular weight is 642 g/mol. The SMILES string of the molecule is CCC(=O)[C@H]1O[C@@H](n2cnc3c(NCc4ccc(CCC(=O)c5cc(C(C)(C)C)c(C)c(C(C)(C)C)c5)cc4)ncnc32)C(O)[C@H]1O. The molecule has 3 heterocycles. The van der Waals surface area contributed by atoms with Crippen LogP contribution < -0.4 is 5.32 Å². The Morgan fingerprint density at radius 2 is 1.53 bits per heavy atom. The number of nitrogens with zero attached hydrogens (tertiary/aromatic N) is 4. The van der Waals surface area contributed by atoms with Gasteiger partial charge in [-0.25, -0.2) is 15.0 Å². The average Bonchev–Trinajstić information content (AvgIpc) is 3.58. The molecule has 1 unspecified atom stereocenters. The minimum atomic E-state index is -1.34. The van der Waals surface area contributed by atoms with Gasteiger partial charge in [0.2, 0.25) is 0 Å². The van der Waals surface area contributed by atoms with Gasteiger partial charge in [0.15, 0.2) is 34.8 Å². The summed E-state index contributed by atoms with van der Waals surface area (Å²) in [7, 11) is 0. The fourth-order valence-electron chi connectivity index (χ4n) is 6.37. The Balaban J connectivity index is 1.24. The molecule has 1 saturated heterocycles. The first-order valence-electron chi connectivity index (χ1n) is 16.3. The lowest BCUT2D eigenvalue weighted by Crippen LogP contribution is -2.35. The second kappa shape index (κ2) is 13.3. The monoisotopic (exact) mass is 641 g/mol. The van der Waals surface area contributed by atoms with Gasteiger partial charge in [-0.05, 0) is 64.1 Å². The van der Waals surface area contributed by atoms with Crippen molar-refractivity contribution in [1.82, 2.24) is 19.5 Å². The Kier molecular flexibility index (Phi) is 9.69. The highest BCUT2D eigenvalue weighted by molar-refractivity contribution is 5.97. The number of anilines is 1. The van der Waals surface area contributed by atoms with Crippen LogP contribution >= 0.6 is 0 Å². The van der Waals surface area contributed by atoms with Crippen LogP contribution in [-0.2, 0) is 33.3 Å². The van der Waals surface area contributed by atoms with Crippen LogP contribution in [0.3, 0.4) is 0 Å². The minimum Gasteiger partial charge on any atom is -0.387 e. The molecule has 250 valence electrons. The maximum Gasteiger partial charge on any atom is 0.167 e. The second-order valence-corrected chi connectivity index (χ2v) is 14.6. The molecule has 0 radical (unpaired) electrons. The van der Waals surface area contributed by atoms with Crippen LogP contribution in [0.5, 0.6) is 0 Å². The first-order valence-corrected chi connectivity index (χ1v) is 16.3. The predicted octanol–water partition coefficient (Wildman–Crippen LogP) is 5.76. The number of aromatic nitrogens is 4. The molecule has 3 N–H and O–H groups in total. The number of fused-ring (bicyclic) bond motifs is 1. The third-order valence-corrected chi connectivity index (χ3v) is 9.01. The predicted molar refractivity (Wildman–Crippen MR) is 182 cm³/mol. The van der Waals surface area contributed by atoms with E-state index in [9.17, 15) is 19.8 Å². The topological polar surface area (TPSA) is 139 Å². The summed E-state index contributed by atoms with van der Waals surface area (Å²) in [6, 6.07) is 12.3. The van der Waals surface area contributed by atoms with E-state index >= 15 is 0 Å². The van der Waals surface area contributed by atoms with Crippen molar-refractivity contribution in [1.29, 1.82) is 0 Å². The molecule has 1 aliphatic heterocycles. The number of nitrogens with one attached hydrogen (secondary N) is 1. The summed E-state index contributed by atoms with van der Waals surface area (Å²) in [5.41, 5.74) is 7.35. The summed E-state index contributed by atoms with van der Waals surface area (Å²) in [5.74, 6) is 0.366. The molecule has 47 heavy (non-hydrogen) atoms. The number of Topliss-reactive ketones (excluding diaryl/α,β-unsaturated/α-hetero) is 2. The summed E-state index contributed by atoms with van der Waals surface area (Å²) in [6.07, 6.45) is -0.655. The van der Waals surface area contributed by atoms with Crippen LogP contribution in [0, 0.1) is 6.92 Å². The van der Waals surface area contributed by atoms with Crippen LogP contribution in [0.1, 0.15) is 106 Å². The molecule has 2 aromatic heterocycles. The fourth-order valence-corrected chi connectivity index (χ4v) is 6.37. The molecule has 2 aromatic carbocycles. The van der Waals surface area contributed by atoms with E-state index in [2.05, 4.69) is 80.9 Å². The van der Waals surface area contributed by atoms with Crippen molar-refractivity contribution in [3.05, 3.63) is 82.4 Å². The molecule has 10 nitrogen and oxygen atoms in total. The summed E-state index contributed by atoms with van der Waals surface area (Å²) in [5, 5.41) is 24.3. The number of ketones is 2. The minimum absolute atomic E-state index is 0.0577. The highest BCUT2D eigenvalue weighted by atomic mass is 16.6. The zero-order valence-corrected chi connectivity index (χ0v) is 28.7.